The molecule has 0 spiro atoms. The number of fused-ring (bicyclic) bond motifs is 1. The van der Waals surface area contributed by atoms with E-state index in [4.69, 9.17) is 4.74 Å². The zero-order valence-corrected chi connectivity index (χ0v) is 14.0. The third kappa shape index (κ3) is 3.21. The van der Waals surface area contributed by atoms with Crippen LogP contribution in [0.1, 0.15) is 31.9 Å². The summed E-state index contributed by atoms with van der Waals surface area (Å²) in [6.07, 6.45) is 0.898. The largest absolute Gasteiger partial charge is 0.496 e. The number of anilines is 1. The second-order valence-corrected chi connectivity index (χ2v) is 6.96. The highest BCUT2D eigenvalue weighted by Crippen LogP contribution is 2.39. The van der Waals surface area contributed by atoms with E-state index in [0.717, 1.165) is 30.0 Å². The predicted molar refractivity (Wildman–Crippen MR) is 86.3 cm³/mol. The molecule has 116 valence electrons. The topological polar surface area (TPSA) is 32.8 Å². The summed E-state index contributed by atoms with van der Waals surface area (Å²) in [5.41, 5.74) is 3.38. The third-order valence-corrected chi connectivity index (χ3v) is 3.86. The van der Waals surface area contributed by atoms with Crippen molar-refractivity contribution in [2.45, 2.75) is 32.6 Å². The van der Waals surface area contributed by atoms with E-state index in [-0.39, 0.29) is 11.3 Å². The number of hydrogen-bond donors (Lipinski definition) is 0. The molecule has 0 atom stereocenters. The Labute approximate surface area is 127 Å². The highest BCUT2D eigenvalue weighted by atomic mass is 16.5. The molecular formula is C17H26N2O2. The van der Waals surface area contributed by atoms with Gasteiger partial charge in [-0.05, 0) is 43.6 Å². The van der Waals surface area contributed by atoms with Gasteiger partial charge in [0, 0.05) is 17.8 Å². The van der Waals surface area contributed by atoms with Crippen LogP contribution in [0.25, 0.3) is 0 Å². The number of carbonyl (C=O) groups excluding carboxylic acids is 1. The molecule has 1 amide bonds. The molecule has 0 aromatic heterocycles. The predicted octanol–water partition coefficient (Wildman–Crippen LogP) is 2.44. The van der Waals surface area contributed by atoms with E-state index < -0.39 is 0 Å². The summed E-state index contributed by atoms with van der Waals surface area (Å²) in [5, 5.41) is 0. The van der Waals surface area contributed by atoms with Gasteiger partial charge in [0.1, 0.15) is 5.75 Å². The van der Waals surface area contributed by atoms with Crippen LogP contribution in [0.15, 0.2) is 12.1 Å². The molecule has 1 aromatic rings. The van der Waals surface area contributed by atoms with Crippen molar-refractivity contribution in [2.24, 2.45) is 0 Å². The van der Waals surface area contributed by atoms with E-state index >= 15 is 0 Å². The Morgan fingerprint density at radius 1 is 1.33 bits per heavy atom. The van der Waals surface area contributed by atoms with Crippen LogP contribution in [0.4, 0.5) is 5.69 Å². The molecule has 21 heavy (non-hydrogen) atoms. The molecule has 0 N–H and O–H groups in total. The maximum atomic E-state index is 12.4. The van der Waals surface area contributed by atoms with E-state index in [0.29, 0.717) is 6.54 Å². The molecule has 0 saturated carbocycles. The number of likely N-dealkylation sites (N-methyl/N-ethyl adjacent to an activating group) is 1. The first-order valence-corrected chi connectivity index (χ1v) is 7.40. The van der Waals surface area contributed by atoms with Crippen LogP contribution < -0.4 is 9.64 Å². The van der Waals surface area contributed by atoms with Gasteiger partial charge in [-0.25, -0.2) is 0 Å². The lowest BCUT2D eigenvalue weighted by atomic mass is 9.85. The lowest BCUT2D eigenvalue weighted by Crippen LogP contribution is -2.36. The van der Waals surface area contributed by atoms with Crippen LogP contribution >= 0.6 is 0 Å². The summed E-state index contributed by atoms with van der Waals surface area (Å²) in [6.45, 7) is 7.70. The lowest BCUT2D eigenvalue weighted by molar-refractivity contribution is -0.119. The summed E-state index contributed by atoms with van der Waals surface area (Å²) < 4.78 is 5.55. The fourth-order valence-electron chi connectivity index (χ4n) is 2.78. The number of benzene rings is 1. The summed E-state index contributed by atoms with van der Waals surface area (Å²) in [4.78, 5) is 16.2. The molecule has 0 saturated heterocycles. The van der Waals surface area contributed by atoms with Gasteiger partial charge in [0.2, 0.25) is 5.91 Å². The first-order chi connectivity index (χ1) is 9.74. The van der Waals surface area contributed by atoms with Crippen molar-refractivity contribution >= 4 is 11.6 Å². The molecule has 0 radical (unpaired) electrons. The van der Waals surface area contributed by atoms with Crippen LogP contribution in [0.3, 0.4) is 0 Å². The van der Waals surface area contributed by atoms with Gasteiger partial charge < -0.3 is 14.5 Å². The van der Waals surface area contributed by atoms with Crippen LogP contribution in [0.2, 0.25) is 0 Å². The Hall–Kier alpha value is -1.55. The van der Waals surface area contributed by atoms with E-state index in [1.807, 2.05) is 23.9 Å². The smallest absolute Gasteiger partial charge is 0.241 e. The van der Waals surface area contributed by atoms with E-state index in [1.165, 1.54) is 5.56 Å². The normalized spacial score (nSPS) is 14.5. The summed E-state index contributed by atoms with van der Waals surface area (Å²) >= 11 is 0. The lowest BCUT2D eigenvalue weighted by Gasteiger charge is -2.25. The van der Waals surface area contributed by atoms with Gasteiger partial charge in [0.15, 0.2) is 0 Å². The number of rotatable bonds is 3. The van der Waals surface area contributed by atoms with Gasteiger partial charge in [-0.2, -0.15) is 0 Å². The van der Waals surface area contributed by atoms with Gasteiger partial charge in [-0.3, -0.25) is 4.79 Å². The molecule has 2 rings (SSSR count). The molecule has 1 heterocycles. The molecular weight excluding hydrogens is 264 g/mol. The molecule has 1 aliphatic heterocycles. The van der Waals surface area contributed by atoms with Crippen molar-refractivity contribution < 1.29 is 9.53 Å². The van der Waals surface area contributed by atoms with Crippen molar-refractivity contribution in [3.63, 3.8) is 0 Å². The second-order valence-electron chi connectivity index (χ2n) is 6.96. The monoisotopic (exact) mass is 290 g/mol. The SMILES string of the molecule is COc1cc2c(cc1C(C)(C)C)N(C(=O)CN(C)C)CC2. The molecule has 0 unspecified atom stereocenters. The van der Waals surface area contributed by atoms with Crippen molar-refractivity contribution in [1.82, 2.24) is 4.90 Å². The van der Waals surface area contributed by atoms with E-state index in [1.54, 1.807) is 7.11 Å². The van der Waals surface area contributed by atoms with Crippen LogP contribution in [0.5, 0.6) is 5.75 Å². The van der Waals surface area contributed by atoms with Crippen molar-refractivity contribution in [3.05, 3.63) is 23.3 Å². The highest BCUT2D eigenvalue weighted by Gasteiger charge is 2.29. The number of hydrogen-bond acceptors (Lipinski definition) is 3. The Morgan fingerprint density at radius 3 is 2.52 bits per heavy atom. The van der Waals surface area contributed by atoms with Crippen LogP contribution in [-0.2, 0) is 16.6 Å². The minimum absolute atomic E-state index is 0.0147. The standard InChI is InChI=1S/C17H26N2O2/c1-17(2,3)13-10-14-12(9-15(13)21-6)7-8-19(14)16(20)11-18(4)5/h9-10H,7-8,11H2,1-6H3. The van der Waals surface area contributed by atoms with Gasteiger partial charge >= 0.3 is 0 Å². The number of ether oxygens (including phenoxy) is 1. The molecule has 4 nitrogen and oxygen atoms in total. The molecule has 1 aliphatic rings. The van der Waals surface area contributed by atoms with Crippen LogP contribution in [-0.4, -0.2) is 45.1 Å². The van der Waals surface area contributed by atoms with Crippen molar-refractivity contribution in [3.8, 4) is 5.75 Å². The van der Waals surface area contributed by atoms with Crippen LogP contribution in [0, 0.1) is 0 Å². The summed E-state index contributed by atoms with van der Waals surface area (Å²) in [5.74, 6) is 1.08. The highest BCUT2D eigenvalue weighted by molar-refractivity contribution is 5.97. The summed E-state index contributed by atoms with van der Waals surface area (Å²) in [7, 11) is 5.55. The van der Waals surface area contributed by atoms with Crippen molar-refractivity contribution in [2.75, 3.05) is 39.2 Å². The third-order valence-electron chi connectivity index (χ3n) is 3.86. The van der Waals surface area contributed by atoms with Gasteiger partial charge in [-0.15, -0.1) is 0 Å². The fraction of sp³-hybridized carbons (Fsp3) is 0.588. The van der Waals surface area contributed by atoms with Crippen molar-refractivity contribution in [1.29, 1.82) is 0 Å². The molecule has 0 bridgehead atoms. The van der Waals surface area contributed by atoms with Gasteiger partial charge in [0.05, 0.1) is 13.7 Å². The fourth-order valence-corrected chi connectivity index (χ4v) is 2.78. The Bertz CT molecular complexity index is 544. The molecule has 0 fully saturated rings. The minimum Gasteiger partial charge on any atom is -0.496 e. The zero-order chi connectivity index (χ0) is 15.8. The first kappa shape index (κ1) is 15.8. The van der Waals surface area contributed by atoms with E-state index in [2.05, 4.69) is 32.9 Å². The van der Waals surface area contributed by atoms with E-state index in [9.17, 15) is 4.79 Å². The average molecular weight is 290 g/mol. The number of nitrogens with zero attached hydrogens (tertiary/aromatic N) is 2. The quantitative estimate of drug-likeness (QED) is 0.857. The Balaban J connectivity index is 2.42. The summed E-state index contributed by atoms with van der Waals surface area (Å²) in [6, 6.07) is 4.23. The maximum Gasteiger partial charge on any atom is 0.241 e. The number of amides is 1. The second kappa shape index (κ2) is 5.68. The minimum atomic E-state index is -0.0147. The van der Waals surface area contributed by atoms with Gasteiger partial charge in [0.25, 0.3) is 0 Å². The molecule has 1 aromatic carbocycles. The zero-order valence-electron chi connectivity index (χ0n) is 14.0. The Kier molecular flexibility index (Phi) is 4.28. The maximum absolute atomic E-state index is 12.4. The number of methoxy groups -OCH3 is 1. The molecule has 0 aliphatic carbocycles. The van der Waals surface area contributed by atoms with Gasteiger partial charge in [-0.1, -0.05) is 20.8 Å². The molecule has 4 heteroatoms. The Morgan fingerprint density at radius 2 is 2.00 bits per heavy atom. The number of carbonyl (C=O) groups is 1. The first-order valence-electron chi connectivity index (χ1n) is 7.40. The average Bonchev–Trinajstić information content (AvgIpc) is 2.78.